The van der Waals surface area contributed by atoms with Gasteiger partial charge in [0.2, 0.25) is 5.13 Å². The minimum absolute atomic E-state index is 0.141. The van der Waals surface area contributed by atoms with Crippen LogP contribution in [0.2, 0.25) is 0 Å². The van der Waals surface area contributed by atoms with Gasteiger partial charge in [0, 0.05) is 4.47 Å². The number of amides is 1. The first-order valence-electron chi connectivity index (χ1n) is 6.74. The zero-order valence-corrected chi connectivity index (χ0v) is 16.0. The van der Waals surface area contributed by atoms with Gasteiger partial charge in [0.05, 0.1) is 12.9 Å². The lowest BCUT2D eigenvalue weighted by Gasteiger charge is -2.13. The molecule has 1 aromatic heterocycles. The summed E-state index contributed by atoms with van der Waals surface area (Å²) in [5.41, 5.74) is 0. The molecule has 1 aromatic carbocycles. The predicted molar refractivity (Wildman–Crippen MR) is 95.5 cm³/mol. The standard InChI is InChI=1S/C14H14BrN3O4S2/c1-8(22-10-5-3-9(15)4-6-10)12(20)16-13-17-18-14(24-13)23-7-11(19)21-2/h3-6,8H,7H2,1-2H3,(H,16,17,20)/t8-/m0/s1. The van der Waals surface area contributed by atoms with Crippen LogP contribution in [0, 0.1) is 0 Å². The molecule has 0 unspecified atom stereocenters. The number of hydrogen-bond donors (Lipinski definition) is 1. The number of aromatic nitrogens is 2. The maximum atomic E-state index is 12.1. The molecule has 1 atom stereocenters. The molecule has 2 rings (SSSR count). The summed E-state index contributed by atoms with van der Waals surface area (Å²) in [4.78, 5) is 23.2. The van der Waals surface area contributed by atoms with Crippen molar-refractivity contribution in [1.82, 2.24) is 10.2 Å². The third-order valence-electron chi connectivity index (χ3n) is 2.67. The molecule has 1 amide bonds. The number of rotatable bonds is 7. The molecule has 2 aromatic rings. The first-order valence-corrected chi connectivity index (χ1v) is 9.33. The number of hydrogen-bond acceptors (Lipinski definition) is 8. The SMILES string of the molecule is COC(=O)CSc1nnc(NC(=O)[C@H](C)Oc2ccc(Br)cc2)s1. The number of carbonyl (C=O) groups excluding carboxylic acids is 2. The van der Waals surface area contributed by atoms with E-state index in [-0.39, 0.29) is 17.6 Å². The van der Waals surface area contributed by atoms with Crippen molar-refractivity contribution in [2.75, 3.05) is 18.2 Å². The second kappa shape index (κ2) is 9.00. The number of carbonyl (C=O) groups is 2. The third kappa shape index (κ3) is 5.77. The van der Waals surface area contributed by atoms with Crippen LogP contribution in [-0.4, -0.2) is 41.0 Å². The fourth-order valence-corrected chi connectivity index (χ4v) is 3.33. The Morgan fingerprint density at radius 3 is 2.71 bits per heavy atom. The number of ether oxygens (including phenoxy) is 2. The average molecular weight is 432 g/mol. The van der Waals surface area contributed by atoms with E-state index < -0.39 is 6.10 Å². The van der Waals surface area contributed by atoms with Gasteiger partial charge in [-0.2, -0.15) is 0 Å². The number of esters is 1. The summed E-state index contributed by atoms with van der Waals surface area (Å²) < 4.78 is 11.6. The Morgan fingerprint density at radius 1 is 1.33 bits per heavy atom. The highest BCUT2D eigenvalue weighted by Gasteiger charge is 2.17. The normalized spacial score (nSPS) is 11.6. The quantitative estimate of drug-likeness (QED) is 0.409. The molecule has 0 aliphatic carbocycles. The Balaban J connectivity index is 1.86. The van der Waals surface area contributed by atoms with Crippen molar-refractivity contribution in [3.05, 3.63) is 28.7 Å². The van der Waals surface area contributed by atoms with Crippen LogP contribution in [0.4, 0.5) is 5.13 Å². The summed E-state index contributed by atoms with van der Waals surface area (Å²) >= 11 is 5.71. The summed E-state index contributed by atoms with van der Waals surface area (Å²) in [7, 11) is 1.32. The Kier molecular flexibility index (Phi) is 7.00. The van der Waals surface area contributed by atoms with Crippen molar-refractivity contribution in [3.8, 4) is 5.75 Å². The first-order chi connectivity index (χ1) is 11.5. The van der Waals surface area contributed by atoms with E-state index in [1.807, 2.05) is 12.1 Å². The average Bonchev–Trinajstić information content (AvgIpc) is 3.02. The largest absolute Gasteiger partial charge is 0.481 e. The van der Waals surface area contributed by atoms with Crippen molar-refractivity contribution >= 4 is 56.0 Å². The summed E-state index contributed by atoms with van der Waals surface area (Å²) in [5, 5.41) is 10.7. The van der Waals surface area contributed by atoms with Crippen molar-refractivity contribution in [3.63, 3.8) is 0 Å². The maximum Gasteiger partial charge on any atom is 0.316 e. The Hall–Kier alpha value is -1.65. The number of halogens is 1. The van der Waals surface area contributed by atoms with Crippen molar-refractivity contribution < 1.29 is 19.1 Å². The van der Waals surface area contributed by atoms with Gasteiger partial charge in [-0.15, -0.1) is 10.2 Å². The van der Waals surface area contributed by atoms with Gasteiger partial charge < -0.3 is 9.47 Å². The highest BCUT2D eigenvalue weighted by atomic mass is 79.9. The van der Waals surface area contributed by atoms with E-state index in [2.05, 4.69) is 36.2 Å². The van der Waals surface area contributed by atoms with Gasteiger partial charge in [0.15, 0.2) is 10.4 Å². The molecule has 24 heavy (non-hydrogen) atoms. The molecule has 0 fully saturated rings. The van der Waals surface area contributed by atoms with Gasteiger partial charge in [-0.1, -0.05) is 39.0 Å². The van der Waals surface area contributed by atoms with E-state index in [0.717, 1.165) is 4.47 Å². The number of nitrogens with zero attached hydrogens (tertiary/aromatic N) is 2. The molecular weight excluding hydrogens is 418 g/mol. The molecule has 0 bridgehead atoms. The van der Waals surface area contributed by atoms with Gasteiger partial charge in [0.25, 0.3) is 5.91 Å². The fraction of sp³-hybridized carbons (Fsp3) is 0.286. The lowest BCUT2D eigenvalue weighted by Crippen LogP contribution is -2.30. The van der Waals surface area contributed by atoms with E-state index in [1.54, 1.807) is 19.1 Å². The van der Waals surface area contributed by atoms with Gasteiger partial charge >= 0.3 is 5.97 Å². The van der Waals surface area contributed by atoms with Gasteiger partial charge in [-0.25, -0.2) is 0 Å². The Labute approximate surface area is 155 Å². The molecule has 1 heterocycles. The molecule has 0 aliphatic heterocycles. The molecule has 0 aliphatic rings. The molecule has 0 saturated carbocycles. The van der Waals surface area contributed by atoms with Crippen LogP contribution < -0.4 is 10.1 Å². The van der Waals surface area contributed by atoms with Crippen molar-refractivity contribution in [2.45, 2.75) is 17.4 Å². The topological polar surface area (TPSA) is 90.4 Å². The van der Waals surface area contributed by atoms with Gasteiger partial charge in [-0.05, 0) is 31.2 Å². The second-order valence-corrected chi connectivity index (χ2v) is 7.56. The van der Waals surface area contributed by atoms with E-state index >= 15 is 0 Å². The van der Waals surface area contributed by atoms with E-state index in [1.165, 1.54) is 30.2 Å². The fourth-order valence-electron chi connectivity index (χ4n) is 1.48. The molecule has 128 valence electrons. The van der Waals surface area contributed by atoms with E-state index in [4.69, 9.17) is 4.74 Å². The number of thioether (sulfide) groups is 1. The summed E-state index contributed by atoms with van der Waals surface area (Å²) in [5.74, 6) is 0.0469. The second-order valence-electron chi connectivity index (χ2n) is 4.44. The van der Waals surface area contributed by atoms with Crippen LogP contribution in [0.25, 0.3) is 0 Å². The van der Waals surface area contributed by atoms with Crippen molar-refractivity contribution in [2.24, 2.45) is 0 Å². The minimum atomic E-state index is -0.693. The van der Waals surface area contributed by atoms with Crippen LogP contribution in [0.3, 0.4) is 0 Å². The van der Waals surface area contributed by atoms with Crippen LogP contribution in [0.1, 0.15) is 6.92 Å². The van der Waals surface area contributed by atoms with Crippen LogP contribution in [0.15, 0.2) is 33.1 Å². The lowest BCUT2D eigenvalue weighted by molar-refractivity contribution is -0.137. The molecule has 0 radical (unpaired) electrons. The van der Waals surface area contributed by atoms with Crippen molar-refractivity contribution in [1.29, 1.82) is 0 Å². The molecular formula is C14H14BrN3O4S2. The minimum Gasteiger partial charge on any atom is -0.481 e. The van der Waals surface area contributed by atoms with Crippen LogP contribution in [0.5, 0.6) is 5.75 Å². The summed E-state index contributed by atoms with van der Waals surface area (Å²) in [6.07, 6.45) is -0.693. The molecule has 0 saturated heterocycles. The smallest absolute Gasteiger partial charge is 0.316 e. The molecule has 1 N–H and O–H groups in total. The van der Waals surface area contributed by atoms with Gasteiger partial charge in [-0.3, -0.25) is 14.9 Å². The monoisotopic (exact) mass is 431 g/mol. The van der Waals surface area contributed by atoms with E-state index in [9.17, 15) is 9.59 Å². The van der Waals surface area contributed by atoms with Crippen LogP contribution in [-0.2, 0) is 14.3 Å². The zero-order chi connectivity index (χ0) is 17.5. The Morgan fingerprint density at radius 2 is 2.04 bits per heavy atom. The molecule has 7 nitrogen and oxygen atoms in total. The Bertz CT molecular complexity index is 708. The third-order valence-corrected chi connectivity index (χ3v) is 5.15. The lowest BCUT2D eigenvalue weighted by atomic mass is 10.3. The molecule has 10 heteroatoms. The predicted octanol–water partition coefficient (Wildman–Crippen LogP) is 2.97. The zero-order valence-electron chi connectivity index (χ0n) is 12.8. The number of anilines is 1. The highest BCUT2D eigenvalue weighted by Crippen LogP contribution is 2.25. The van der Waals surface area contributed by atoms with Crippen LogP contribution >= 0.6 is 39.0 Å². The highest BCUT2D eigenvalue weighted by molar-refractivity contribution is 9.10. The molecule has 0 spiro atoms. The maximum absolute atomic E-state index is 12.1. The summed E-state index contributed by atoms with van der Waals surface area (Å²) in [6, 6.07) is 7.19. The van der Waals surface area contributed by atoms with E-state index in [0.29, 0.717) is 15.2 Å². The first kappa shape index (κ1) is 18.7. The number of benzene rings is 1. The number of nitrogens with one attached hydrogen (secondary N) is 1. The summed E-state index contributed by atoms with van der Waals surface area (Å²) in [6.45, 7) is 1.64. The van der Waals surface area contributed by atoms with Gasteiger partial charge in [0.1, 0.15) is 5.75 Å². The number of methoxy groups -OCH3 is 1.